The Balaban J connectivity index is 1.87. The summed E-state index contributed by atoms with van der Waals surface area (Å²) < 4.78 is 26.0. The Kier molecular flexibility index (Phi) is 6.85. The fourth-order valence-electron chi connectivity index (χ4n) is 1.99. The number of nitrogens with zero attached hydrogens (tertiary/aromatic N) is 4. The smallest absolute Gasteiger partial charge is 0.210 e. The van der Waals surface area contributed by atoms with Crippen molar-refractivity contribution in [3.63, 3.8) is 0 Å². The molecular weight excluding hydrogens is 362 g/mol. The van der Waals surface area contributed by atoms with Crippen molar-refractivity contribution in [2.45, 2.75) is 18.1 Å². The van der Waals surface area contributed by atoms with E-state index in [1.54, 1.807) is 22.9 Å². The summed E-state index contributed by atoms with van der Waals surface area (Å²) in [6.07, 6.45) is 3.37. The molecule has 0 unspecified atom stereocenters. The summed E-state index contributed by atoms with van der Waals surface area (Å²) in [4.78, 5) is 12.3. The second-order valence-corrected chi connectivity index (χ2v) is 8.03. The van der Waals surface area contributed by atoms with Crippen LogP contribution >= 0.6 is 11.8 Å². The second kappa shape index (κ2) is 8.88. The molecule has 0 aliphatic heterocycles. The normalized spacial score (nSPS) is 11.4. The van der Waals surface area contributed by atoms with Crippen molar-refractivity contribution < 1.29 is 13.2 Å². The number of carbonyl (C=O) groups is 1. The van der Waals surface area contributed by atoms with E-state index in [-0.39, 0.29) is 11.5 Å². The first-order valence-corrected chi connectivity index (χ1v) is 10.3. The van der Waals surface area contributed by atoms with E-state index >= 15 is 0 Å². The van der Waals surface area contributed by atoms with E-state index in [9.17, 15) is 13.2 Å². The molecule has 10 heteroatoms. The number of benzene rings is 1. The van der Waals surface area contributed by atoms with Gasteiger partial charge in [-0.3, -0.25) is 4.79 Å². The molecule has 0 saturated carbocycles. The maximum absolute atomic E-state index is 12.3. The van der Waals surface area contributed by atoms with Gasteiger partial charge in [0.1, 0.15) is 0 Å². The number of aromatic nitrogens is 4. The average Bonchev–Trinajstić information content (AvgIpc) is 3.00. The highest BCUT2D eigenvalue weighted by Gasteiger charge is 2.11. The molecule has 1 N–H and O–H groups in total. The number of thioether (sulfide) groups is 1. The number of hydrogen-bond acceptors (Lipinski definition) is 7. The number of tetrazole rings is 1. The van der Waals surface area contributed by atoms with Gasteiger partial charge in [0.25, 0.3) is 0 Å². The quantitative estimate of drug-likeness (QED) is 0.370. The van der Waals surface area contributed by atoms with Gasteiger partial charge in [-0.1, -0.05) is 42.1 Å². The van der Waals surface area contributed by atoms with Crippen LogP contribution in [-0.2, 0) is 23.0 Å². The fraction of sp³-hybridized carbons (Fsp3) is 0.333. The van der Waals surface area contributed by atoms with Gasteiger partial charge in [-0.15, -0.1) is 11.7 Å². The predicted octanol–water partition coefficient (Wildman–Crippen LogP) is 0.926. The summed E-state index contributed by atoms with van der Waals surface area (Å²) in [5, 5.41) is 11.8. The molecule has 0 bridgehead atoms. The predicted molar refractivity (Wildman–Crippen MR) is 96.1 cm³/mol. The van der Waals surface area contributed by atoms with Crippen LogP contribution in [0.5, 0.6) is 0 Å². The second-order valence-electron chi connectivity index (χ2n) is 5.26. The third-order valence-corrected chi connectivity index (χ3v) is 4.87. The van der Waals surface area contributed by atoms with Crippen LogP contribution in [0.15, 0.2) is 42.1 Å². The minimum absolute atomic E-state index is 0.0287. The van der Waals surface area contributed by atoms with Crippen LogP contribution in [0, 0.1) is 0 Å². The minimum Gasteiger partial charge on any atom is -0.293 e. The van der Waals surface area contributed by atoms with E-state index in [0.29, 0.717) is 30.2 Å². The molecule has 134 valence electrons. The van der Waals surface area contributed by atoms with Gasteiger partial charge in [0.2, 0.25) is 15.2 Å². The van der Waals surface area contributed by atoms with Crippen LogP contribution in [0.4, 0.5) is 0 Å². The zero-order valence-corrected chi connectivity index (χ0v) is 15.4. The number of allylic oxidation sites excluding steroid dienone is 1. The first-order chi connectivity index (χ1) is 11.9. The van der Waals surface area contributed by atoms with Gasteiger partial charge in [-0.2, -0.15) is 0 Å². The van der Waals surface area contributed by atoms with Gasteiger partial charge in [0.05, 0.1) is 18.6 Å². The van der Waals surface area contributed by atoms with Crippen LogP contribution in [0.25, 0.3) is 0 Å². The lowest BCUT2D eigenvalue weighted by atomic mass is 10.1. The lowest BCUT2D eigenvalue weighted by Crippen LogP contribution is -2.24. The molecule has 1 aromatic carbocycles. The lowest BCUT2D eigenvalue weighted by molar-refractivity contribution is 0.102. The summed E-state index contributed by atoms with van der Waals surface area (Å²) in [5.41, 5.74) is 1.55. The van der Waals surface area contributed by atoms with Crippen LogP contribution in [-0.4, -0.2) is 53.0 Å². The Labute approximate surface area is 150 Å². The molecular formula is C15H19N5O3S2. The van der Waals surface area contributed by atoms with Crippen LogP contribution in [0.3, 0.4) is 0 Å². The van der Waals surface area contributed by atoms with Crippen molar-refractivity contribution in [1.29, 1.82) is 0 Å². The SMILES string of the molecule is C=CCn1nnnc1SCC(=O)c1ccc(CCNS(C)(=O)=O)cc1. The summed E-state index contributed by atoms with van der Waals surface area (Å²) in [6, 6.07) is 7.13. The number of nitrogens with one attached hydrogen (secondary N) is 1. The van der Waals surface area contributed by atoms with E-state index in [4.69, 9.17) is 0 Å². The van der Waals surface area contributed by atoms with Gasteiger partial charge in [0, 0.05) is 12.1 Å². The van der Waals surface area contributed by atoms with Crippen molar-refractivity contribution in [3.05, 3.63) is 48.0 Å². The number of sulfonamides is 1. The zero-order chi connectivity index (χ0) is 18.3. The van der Waals surface area contributed by atoms with Crippen molar-refractivity contribution in [2.24, 2.45) is 0 Å². The Bertz CT molecular complexity index is 831. The average molecular weight is 381 g/mol. The monoisotopic (exact) mass is 381 g/mol. The molecule has 25 heavy (non-hydrogen) atoms. The molecule has 0 aliphatic carbocycles. The Hall–Kier alpha value is -2.04. The van der Waals surface area contributed by atoms with Gasteiger partial charge in [-0.25, -0.2) is 17.8 Å². The third-order valence-electron chi connectivity index (χ3n) is 3.19. The standard InChI is InChI=1S/C15H19N5O3S2/c1-3-10-20-15(17-18-19-20)24-11-14(21)13-6-4-12(5-7-13)8-9-16-25(2,22)23/h3-7,16H,1,8-11H2,2H3. The van der Waals surface area contributed by atoms with E-state index in [2.05, 4.69) is 26.8 Å². The maximum atomic E-state index is 12.3. The number of ketones is 1. The first-order valence-electron chi connectivity index (χ1n) is 7.45. The number of rotatable bonds is 10. The largest absolute Gasteiger partial charge is 0.293 e. The minimum atomic E-state index is -3.18. The van der Waals surface area contributed by atoms with E-state index in [0.717, 1.165) is 11.8 Å². The molecule has 0 radical (unpaired) electrons. The molecule has 0 amide bonds. The topological polar surface area (TPSA) is 107 Å². The Morgan fingerprint density at radius 3 is 2.72 bits per heavy atom. The summed E-state index contributed by atoms with van der Waals surface area (Å²) in [6.45, 7) is 4.45. The van der Waals surface area contributed by atoms with Gasteiger partial charge in [-0.05, 0) is 22.4 Å². The first kappa shape index (κ1) is 19.3. The maximum Gasteiger partial charge on any atom is 0.210 e. The number of hydrogen-bond donors (Lipinski definition) is 1. The van der Waals surface area contributed by atoms with Crippen LogP contribution in [0.1, 0.15) is 15.9 Å². The molecule has 2 aromatic rings. The Morgan fingerprint density at radius 2 is 2.08 bits per heavy atom. The highest BCUT2D eigenvalue weighted by Crippen LogP contribution is 2.16. The molecule has 2 rings (SSSR count). The lowest BCUT2D eigenvalue weighted by Gasteiger charge is -2.05. The van der Waals surface area contributed by atoms with Crippen molar-refractivity contribution in [1.82, 2.24) is 24.9 Å². The van der Waals surface area contributed by atoms with Crippen molar-refractivity contribution in [3.8, 4) is 0 Å². The molecule has 0 atom stereocenters. The zero-order valence-electron chi connectivity index (χ0n) is 13.8. The fourth-order valence-corrected chi connectivity index (χ4v) is 3.24. The van der Waals surface area contributed by atoms with E-state index < -0.39 is 10.0 Å². The highest BCUT2D eigenvalue weighted by molar-refractivity contribution is 7.99. The molecule has 0 saturated heterocycles. The van der Waals surface area contributed by atoms with Gasteiger partial charge >= 0.3 is 0 Å². The van der Waals surface area contributed by atoms with Crippen molar-refractivity contribution >= 4 is 27.6 Å². The molecule has 0 fully saturated rings. The number of Topliss-reactive ketones (excluding diaryl/α,β-unsaturated/α-hetero) is 1. The molecule has 0 spiro atoms. The molecule has 1 aromatic heterocycles. The highest BCUT2D eigenvalue weighted by atomic mass is 32.2. The third kappa shape index (κ3) is 6.40. The van der Waals surface area contributed by atoms with Gasteiger partial charge < -0.3 is 0 Å². The summed E-state index contributed by atoms with van der Waals surface area (Å²) in [7, 11) is -3.18. The summed E-state index contributed by atoms with van der Waals surface area (Å²) in [5.74, 6) is 0.200. The van der Waals surface area contributed by atoms with E-state index in [1.165, 1.54) is 11.8 Å². The number of carbonyl (C=O) groups excluding carboxylic acids is 1. The molecule has 8 nitrogen and oxygen atoms in total. The molecule has 1 heterocycles. The molecule has 0 aliphatic rings. The van der Waals surface area contributed by atoms with Crippen LogP contribution < -0.4 is 4.72 Å². The van der Waals surface area contributed by atoms with Crippen LogP contribution in [0.2, 0.25) is 0 Å². The van der Waals surface area contributed by atoms with Gasteiger partial charge in [0.15, 0.2) is 5.78 Å². The van der Waals surface area contributed by atoms with Crippen molar-refractivity contribution in [2.75, 3.05) is 18.6 Å². The van der Waals surface area contributed by atoms with E-state index in [1.807, 2.05) is 12.1 Å². The Morgan fingerprint density at radius 1 is 1.36 bits per heavy atom. The summed E-state index contributed by atoms with van der Waals surface area (Å²) >= 11 is 1.27.